The lowest BCUT2D eigenvalue weighted by Gasteiger charge is -2.11. The van der Waals surface area contributed by atoms with Gasteiger partial charge in [0.05, 0.1) is 33.6 Å². The fourth-order valence-corrected chi connectivity index (χ4v) is 4.61. The predicted octanol–water partition coefficient (Wildman–Crippen LogP) is 3.31. The molecule has 31 heavy (non-hydrogen) atoms. The zero-order valence-electron chi connectivity index (χ0n) is 17.1. The maximum Gasteiger partial charge on any atom is 0.433 e. The second kappa shape index (κ2) is 7.88. The second-order valence-corrected chi connectivity index (χ2v) is 11.2. The molecule has 0 aliphatic carbocycles. The molecule has 0 aliphatic rings. The number of rotatable bonds is 5. The van der Waals surface area contributed by atoms with Crippen molar-refractivity contribution in [1.82, 2.24) is 19.3 Å². The maximum atomic E-state index is 13.0. The van der Waals surface area contributed by atoms with Gasteiger partial charge in [-0.3, -0.25) is 0 Å². The number of nitrogens with one attached hydrogen (secondary N) is 1. The van der Waals surface area contributed by atoms with E-state index in [1.807, 2.05) is 0 Å². The first-order chi connectivity index (χ1) is 14.3. The van der Waals surface area contributed by atoms with E-state index < -0.39 is 31.6 Å². The van der Waals surface area contributed by atoms with E-state index in [1.165, 1.54) is 43.0 Å². The molecule has 0 spiro atoms. The summed E-state index contributed by atoms with van der Waals surface area (Å²) in [5.41, 5.74) is -0.383. The maximum absolute atomic E-state index is 13.0. The standard InChI is InChI=1S/C18H20F3N5O3S2/c1-5-31(28,29)15-8-11(25-30(4,27)22-2)6-7-12(15)17-24-13-9-16(18(19,20)21)23-10-14(13)26(17)3/h6-10H,5H2,1-4H3,(H,22,25,27). The number of alkyl halides is 3. The zero-order valence-corrected chi connectivity index (χ0v) is 18.7. The van der Waals surface area contributed by atoms with Gasteiger partial charge in [0.25, 0.3) is 0 Å². The Morgan fingerprint density at radius 1 is 1.19 bits per heavy atom. The Kier molecular flexibility index (Phi) is 5.88. The van der Waals surface area contributed by atoms with E-state index in [1.54, 1.807) is 7.05 Å². The fourth-order valence-electron chi connectivity index (χ4n) is 2.90. The number of benzene rings is 1. The number of pyridine rings is 1. The monoisotopic (exact) mass is 475 g/mol. The van der Waals surface area contributed by atoms with Crippen molar-refractivity contribution in [2.75, 3.05) is 19.1 Å². The van der Waals surface area contributed by atoms with E-state index in [4.69, 9.17) is 0 Å². The minimum atomic E-state index is -4.63. The third kappa shape index (κ3) is 4.57. The van der Waals surface area contributed by atoms with Crippen LogP contribution < -0.4 is 4.72 Å². The first-order valence-corrected chi connectivity index (χ1v) is 12.5. The summed E-state index contributed by atoms with van der Waals surface area (Å²) in [5.74, 6) is -0.0682. The number of imidazole rings is 1. The molecule has 0 saturated carbocycles. The molecule has 1 N–H and O–H groups in total. The molecule has 0 saturated heterocycles. The molecular weight excluding hydrogens is 455 g/mol. The van der Waals surface area contributed by atoms with Crippen LogP contribution in [-0.4, -0.2) is 46.2 Å². The Morgan fingerprint density at radius 3 is 2.45 bits per heavy atom. The van der Waals surface area contributed by atoms with E-state index in [0.717, 1.165) is 12.3 Å². The molecular formula is C18H20F3N5O3S2. The van der Waals surface area contributed by atoms with Crippen LogP contribution in [0.5, 0.6) is 0 Å². The summed E-state index contributed by atoms with van der Waals surface area (Å²) in [4.78, 5) is 7.58. The summed E-state index contributed by atoms with van der Waals surface area (Å²) in [6, 6.07) is 5.03. The number of sulfone groups is 1. The number of aromatic nitrogens is 3. The molecule has 0 aliphatic heterocycles. The molecule has 0 amide bonds. The van der Waals surface area contributed by atoms with Crippen molar-refractivity contribution in [3.63, 3.8) is 0 Å². The van der Waals surface area contributed by atoms with Crippen molar-refractivity contribution in [1.29, 1.82) is 0 Å². The van der Waals surface area contributed by atoms with Crippen LogP contribution >= 0.6 is 0 Å². The molecule has 1 unspecified atom stereocenters. The van der Waals surface area contributed by atoms with E-state index >= 15 is 0 Å². The van der Waals surface area contributed by atoms with Crippen molar-refractivity contribution >= 4 is 36.5 Å². The smallest absolute Gasteiger partial charge is 0.326 e. The number of fused-ring (bicyclic) bond motifs is 1. The highest BCUT2D eigenvalue weighted by atomic mass is 32.2. The van der Waals surface area contributed by atoms with E-state index in [-0.39, 0.29) is 33.2 Å². The van der Waals surface area contributed by atoms with Gasteiger partial charge in [0.2, 0.25) is 0 Å². The summed E-state index contributed by atoms with van der Waals surface area (Å²) < 4.78 is 84.9. The first-order valence-electron chi connectivity index (χ1n) is 8.96. The van der Waals surface area contributed by atoms with E-state index in [9.17, 15) is 25.8 Å². The van der Waals surface area contributed by atoms with Gasteiger partial charge in [0.15, 0.2) is 9.84 Å². The topological polar surface area (TPSA) is 106 Å². The van der Waals surface area contributed by atoms with Crippen LogP contribution in [0, 0.1) is 0 Å². The quantitative estimate of drug-likeness (QED) is 0.609. The molecule has 2 aromatic heterocycles. The van der Waals surface area contributed by atoms with Crippen LogP contribution in [0.3, 0.4) is 0 Å². The molecule has 3 rings (SSSR count). The molecule has 3 aromatic rings. The molecule has 0 radical (unpaired) electrons. The van der Waals surface area contributed by atoms with Gasteiger partial charge in [-0.05, 0) is 31.3 Å². The average molecular weight is 476 g/mol. The van der Waals surface area contributed by atoms with Gasteiger partial charge >= 0.3 is 6.18 Å². The summed E-state index contributed by atoms with van der Waals surface area (Å²) in [6.45, 7) is 1.47. The Balaban J connectivity index is 2.29. The molecule has 1 atom stereocenters. The Morgan fingerprint density at radius 2 is 1.87 bits per heavy atom. The summed E-state index contributed by atoms with van der Waals surface area (Å²) in [5, 5.41) is 0. The lowest BCUT2D eigenvalue weighted by atomic mass is 10.2. The zero-order chi connectivity index (χ0) is 23.2. The Hall–Kier alpha value is -2.51. The van der Waals surface area contributed by atoms with Gasteiger partial charge < -0.3 is 4.57 Å². The van der Waals surface area contributed by atoms with Crippen LogP contribution in [0.4, 0.5) is 18.9 Å². The number of hydrogen-bond acceptors (Lipinski definition) is 6. The summed E-state index contributed by atoms with van der Waals surface area (Å²) in [7, 11) is -3.52. The number of nitrogens with zero attached hydrogens (tertiary/aromatic N) is 4. The van der Waals surface area contributed by atoms with E-state index in [0.29, 0.717) is 5.52 Å². The largest absolute Gasteiger partial charge is 0.433 e. The second-order valence-electron chi connectivity index (χ2n) is 6.73. The third-order valence-corrected chi connectivity index (χ3v) is 7.72. The minimum Gasteiger partial charge on any atom is -0.326 e. The molecule has 1 aromatic carbocycles. The number of hydrogen-bond donors (Lipinski definition) is 1. The van der Waals surface area contributed by atoms with Gasteiger partial charge in [0.1, 0.15) is 21.4 Å². The van der Waals surface area contributed by atoms with Crippen LogP contribution in [-0.2, 0) is 33.0 Å². The minimum absolute atomic E-state index is 0.0280. The molecule has 0 bridgehead atoms. The van der Waals surface area contributed by atoms with Crippen molar-refractivity contribution in [2.45, 2.75) is 18.0 Å². The van der Waals surface area contributed by atoms with E-state index in [2.05, 4.69) is 19.1 Å². The lowest BCUT2D eigenvalue weighted by Crippen LogP contribution is -2.15. The van der Waals surface area contributed by atoms with Crippen LogP contribution in [0.25, 0.3) is 22.4 Å². The molecule has 168 valence electrons. The number of aryl methyl sites for hydroxylation is 1. The van der Waals surface area contributed by atoms with Crippen LogP contribution in [0.2, 0.25) is 0 Å². The van der Waals surface area contributed by atoms with Crippen LogP contribution in [0.1, 0.15) is 12.6 Å². The van der Waals surface area contributed by atoms with Crippen molar-refractivity contribution in [3.8, 4) is 11.4 Å². The van der Waals surface area contributed by atoms with Gasteiger partial charge in [-0.15, -0.1) is 0 Å². The third-order valence-electron chi connectivity index (χ3n) is 4.64. The highest BCUT2D eigenvalue weighted by Crippen LogP contribution is 2.34. The average Bonchev–Trinajstić information content (AvgIpc) is 3.03. The van der Waals surface area contributed by atoms with Crippen molar-refractivity contribution in [3.05, 3.63) is 36.2 Å². The van der Waals surface area contributed by atoms with Crippen molar-refractivity contribution in [2.24, 2.45) is 11.4 Å². The normalized spacial score (nSPS) is 14.5. The molecule has 13 heteroatoms. The number of halogens is 3. The lowest BCUT2D eigenvalue weighted by molar-refractivity contribution is -0.141. The van der Waals surface area contributed by atoms with Gasteiger partial charge in [0, 0.05) is 18.9 Å². The summed E-state index contributed by atoms with van der Waals surface area (Å²) >= 11 is 0. The predicted molar refractivity (Wildman–Crippen MR) is 112 cm³/mol. The highest BCUT2D eigenvalue weighted by Gasteiger charge is 2.33. The van der Waals surface area contributed by atoms with Crippen LogP contribution in [0.15, 0.2) is 39.7 Å². The molecule has 0 fully saturated rings. The Labute approximate surface area is 177 Å². The molecule has 2 heterocycles. The van der Waals surface area contributed by atoms with Gasteiger partial charge in [-0.1, -0.05) is 6.92 Å². The molecule has 8 nitrogen and oxygen atoms in total. The van der Waals surface area contributed by atoms with Gasteiger partial charge in [-0.25, -0.2) is 27.3 Å². The highest BCUT2D eigenvalue weighted by molar-refractivity contribution is 7.91. The first kappa shape index (κ1) is 23.2. The fraction of sp³-hybridized carbons (Fsp3) is 0.333. The Bertz CT molecular complexity index is 1390. The SMILES string of the molecule is CCS(=O)(=O)c1cc(N=S(C)(=O)NC)ccc1-c1nc2cc(C(F)(F)F)ncc2n1C. The van der Waals surface area contributed by atoms with Crippen molar-refractivity contribution < 1.29 is 25.8 Å². The van der Waals surface area contributed by atoms with Gasteiger partial charge in [-0.2, -0.15) is 17.5 Å². The summed E-state index contributed by atoms with van der Waals surface area (Å²) in [6.07, 6.45) is -2.22.